The van der Waals surface area contributed by atoms with Crippen LogP contribution in [0.3, 0.4) is 0 Å². The van der Waals surface area contributed by atoms with Crippen LogP contribution in [0.25, 0.3) is 0 Å². The molecule has 0 aromatic heterocycles. The van der Waals surface area contributed by atoms with Gasteiger partial charge in [-0.3, -0.25) is 23.4 Å². The number of carbonyl (C=O) groups is 3. The Morgan fingerprint density at radius 1 is 0.372 bits per heavy atom. The zero-order valence-corrected chi connectivity index (χ0v) is 49.7. The first kappa shape index (κ1) is 73.6. The van der Waals surface area contributed by atoms with Crippen LogP contribution in [-0.4, -0.2) is 66.5 Å². The molecule has 3 atom stereocenters. The van der Waals surface area contributed by atoms with E-state index in [1.54, 1.807) is 0 Å². The minimum absolute atomic E-state index is 0.0905. The largest absolute Gasteiger partial charge is 0.472 e. The van der Waals surface area contributed by atoms with E-state index in [9.17, 15) is 28.9 Å². The first-order valence-corrected chi connectivity index (χ1v) is 31.6. The monoisotopic (exact) mass is 1110 g/mol. The number of phosphoric ester groups is 1. The molecule has 442 valence electrons. The van der Waals surface area contributed by atoms with Crippen molar-refractivity contribution >= 4 is 25.7 Å². The third-order valence-electron chi connectivity index (χ3n) is 12.1. The van der Waals surface area contributed by atoms with Crippen molar-refractivity contribution < 1.29 is 52.2 Å². The molecule has 11 nitrogen and oxygen atoms in total. The van der Waals surface area contributed by atoms with Crippen molar-refractivity contribution in [3.8, 4) is 0 Å². The van der Waals surface area contributed by atoms with E-state index < -0.39 is 57.8 Å². The highest BCUT2D eigenvalue weighted by Crippen LogP contribution is 2.43. The van der Waals surface area contributed by atoms with Gasteiger partial charge in [-0.25, -0.2) is 4.57 Å². The van der Waals surface area contributed by atoms with Crippen LogP contribution < -0.4 is 0 Å². The van der Waals surface area contributed by atoms with Crippen LogP contribution in [0.15, 0.2) is 134 Å². The van der Waals surface area contributed by atoms with Crippen LogP contribution in [0.5, 0.6) is 0 Å². The topological polar surface area (TPSA) is 155 Å². The zero-order chi connectivity index (χ0) is 56.9. The first-order valence-electron chi connectivity index (χ1n) is 30.1. The van der Waals surface area contributed by atoms with Gasteiger partial charge in [0, 0.05) is 19.3 Å². The maximum absolute atomic E-state index is 12.9. The quantitative estimate of drug-likeness (QED) is 0.0197. The normalized spacial score (nSPS) is 14.3. The number of aliphatic hydroxyl groups is 1. The number of hydrogen-bond acceptors (Lipinski definition) is 10. The van der Waals surface area contributed by atoms with Gasteiger partial charge in [-0.2, -0.15) is 0 Å². The fourth-order valence-corrected chi connectivity index (χ4v) is 8.33. The molecule has 78 heavy (non-hydrogen) atoms. The molecule has 0 fully saturated rings. The molecule has 12 heteroatoms. The summed E-state index contributed by atoms with van der Waals surface area (Å²) in [5.74, 6) is -1.60. The van der Waals surface area contributed by atoms with Gasteiger partial charge in [-0.1, -0.05) is 219 Å². The fourth-order valence-electron chi connectivity index (χ4n) is 7.54. The molecule has 0 saturated heterocycles. The van der Waals surface area contributed by atoms with E-state index in [1.165, 1.54) is 25.7 Å². The van der Waals surface area contributed by atoms with E-state index in [1.807, 2.05) is 12.2 Å². The SMILES string of the molecule is CC/C=C\C/C=C\C/C=C\C/C=C\C/C=C\C/C=C\CCC(=O)OCC(COP(=O)(O)OCC(CO)OC(=O)CCCCCCC/C=C\CCCCCC)OC(=O)CCCCCCCC/C=C\C/C=C\C/C=C\C/C=C\CC. The van der Waals surface area contributed by atoms with Crippen LogP contribution in [-0.2, 0) is 42.2 Å². The lowest BCUT2D eigenvalue weighted by Gasteiger charge is -2.21. The van der Waals surface area contributed by atoms with Crippen molar-refractivity contribution in [1.82, 2.24) is 0 Å². The number of unbranched alkanes of at least 4 members (excludes halogenated alkanes) is 15. The Hall–Kier alpha value is -4.38. The molecule has 0 aromatic rings. The summed E-state index contributed by atoms with van der Waals surface area (Å²) in [4.78, 5) is 48.6. The molecule has 0 rings (SSSR count). The summed E-state index contributed by atoms with van der Waals surface area (Å²) < 4.78 is 39.5. The Labute approximate surface area is 474 Å². The predicted molar refractivity (Wildman–Crippen MR) is 325 cm³/mol. The summed E-state index contributed by atoms with van der Waals surface area (Å²) in [6.45, 7) is 4.28. The summed E-state index contributed by atoms with van der Waals surface area (Å²) in [6, 6.07) is 0. The van der Waals surface area contributed by atoms with E-state index in [4.69, 9.17) is 23.3 Å². The Morgan fingerprint density at radius 2 is 0.692 bits per heavy atom. The lowest BCUT2D eigenvalue weighted by Crippen LogP contribution is -2.30. The molecular weight excluding hydrogens is 1000 g/mol. The molecule has 0 heterocycles. The lowest BCUT2D eigenvalue weighted by molar-refractivity contribution is -0.161. The number of rotatable bonds is 54. The van der Waals surface area contributed by atoms with Gasteiger partial charge >= 0.3 is 25.7 Å². The van der Waals surface area contributed by atoms with Crippen molar-refractivity contribution in [2.45, 2.75) is 238 Å². The Balaban J connectivity index is 4.88. The van der Waals surface area contributed by atoms with Crippen LogP contribution in [0, 0.1) is 0 Å². The summed E-state index contributed by atoms with van der Waals surface area (Å²) in [6.07, 6.45) is 74.2. The number of esters is 3. The number of phosphoric acid groups is 1. The van der Waals surface area contributed by atoms with Gasteiger partial charge in [-0.15, -0.1) is 0 Å². The van der Waals surface area contributed by atoms with E-state index in [0.29, 0.717) is 19.3 Å². The molecule has 0 aliphatic rings. The van der Waals surface area contributed by atoms with Gasteiger partial charge in [0.05, 0.1) is 19.8 Å². The van der Waals surface area contributed by atoms with Crippen LogP contribution in [0.4, 0.5) is 0 Å². The summed E-state index contributed by atoms with van der Waals surface area (Å²) >= 11 is 0. The second kappa shape index (κ2) is 58.8. The van der Waals surface area contributed by atoms with E-state index in [2.05, 4.69) is 142 Å². The average Bonchev–Trinajstić information content (AvgIpc) is 3.43. The molecule has 0 radical (unpaired) electrons. The lowest BCUT2D eigenvalue weighted by atomic mass is 10.1. The smallest absolute Gasteiger partial charge is 0.462 e. The summed E-state index contributed by atoms with van der Waals surface area (Å²) in [5.41, 5.74) is 0. The molecule has 3 unspecified atom stereocenters. The van der Waals surface area contributed by atoms with Crippen molar-refractivity contribution in [3.05, 3.63) is 134 Å². The van der Waals surface area contributed by atoms with E-state index in [-0.39, 0.29) is 25.9 Å². The third-order valence-corrected chi connectivity index (χ3v) is 13.0. The highest BCUT2D eigenvalue weighted by Gasteiger charge is 2.28. The summed E-state index contributed by atoms with van der Waals surface area (Å²) in [7, 11) is -4.78. The van der Waals surface area contributed by atoms with Gasteiger partial charge in [-0.05, 0) is 122 Å². The maximum atomic E-state index is 12.9. The number of ether oxygens (including phenoxy) is 3. The number of carbonyl (C=O) groups excluding carboxylic acids is 3. The van der Waals surface area contributed by atoms with Gasteiger partial charge in [0.15, 0.2) is 6.10 Å². The Bertz CT molecular complexity index is 1820. The molecule has 0 aliphatic heterocycles. The minimum Gasteiger partial charge on any atom is -0.462 e. The van der Waals surface area contributed by atoms with Crippen molar-refractivity contribution in [2.75, 3.05) is 26.4 Å². The second-order valence-electron chi connectivity index (χ2n) is 19.4. The van der Waals surface area contributed by atoms with Crippen LogP contribution in [0.2, 0.25) is 0 Å². The molecular formula is C66H107O11P. The molecule has 0 amide bonds. The number of aliphatic hydroxyl groups excluding tert-OH is 1. The molecule has 0 aliphatic carbocycles. The number of hydrogen-bond donors (Lipinski definition) is 2. The van der Waals surface area contributed by atoms with Crippen molar-refractivity contribution in [2.24, 2.45) is 0 Å². The zero-order valence-electron chi connectivity index (χ0n) is 48.8. The summed E-state index contributed by atoms with van der Waals surface area (Å²) in [5, 5.41) is 9.82. The maximum Gasteiger partial charge on any atom is 0.472 e. The molecule has 2 N–H and O–H groups in total. The first-order chi connectivity index (χ1) is 38.2. The van der Waals surface area contributed by atoms with Crippen molar-refractivity contribution in [1.29, 1.82) is 0 Å². The fraction of sp³-hybridized carbons (Fsp3) is 0.621. The average molecular weight is 1110 g/mol. The van der Waals surface area contributed by atoms with Crippen molar-refractivity contribution in [3.63, 3.8) is 0 Å². The standard InChI is InChI=1S/C66H107O11P/c1-4-7-10-13-16-19-22-25-27-29-31-33-35-38-40-43-46-49-52-55-64(68)73-59-63(77-66(70)57-54-51-48-45-42-39-36-34-32-30-28-26-23-20-17-14-11-8-5-2)61-75-78(71,72)74-60-62(58-67)76-65(69)56-53-50-47-44-41-37-24-21-18-15-12-9-6-3/h7-8,10-11,16-17,19-21,24-28,31-34,38,40,46,49,62-63,67H,4-6,9,12-15,18,22-23,29-30,35-37,39,41-45,47-48,50-61H2,1-3H3,(H,71,72)/b10-7-,11-8-,19-16-,20-17-,24-21-,27-25-,28-26-,33-31-,34-32-,40-38-,49-46-. The Kier molecular flexibility index (Phi) is 55.5. The number of allylic oxidation sites excluding steroid dienone is 22. The molecule has 0 saturated carbocycles. The van der Waals surface area contributed by atoms with Crippen LogP contribution in [0.1, 0.15) is 226 Å². The van der Waals surface area contributed by atoms with E-state index in [0.717, 1.165) is 141 Å². The van der Waals surface area contributed by atoms with Gasteiger partial charge in [0.1, 0.15) is 12.7 Å². The van der Waals surface area contributed by atoms with Gasteiger partial charge in [0.25, 0.3) is 0 Å². The predicted octanol–water partition coefficient (Wildman–Crippen LogP) is 18.1. The minimum atomic E-state index is -4.78. The van der Waals surface area contributed by atoms with Crippen LogP contribution >= 0.6 is 7.82 Å². The Morgan fingerprint density at radius 3 is 1.09 bits per heavy atom. The second-order valence-corrected chi connectivity index (χ2v) is 20.8. The molecule has 0 bridgehead atoms. The highest BCUT2D eigenvalue weighted by atomic mass is 31.2. The molecule has 0 spiro atoms. The van der Waals surface area contributed by atoms with Gasteiger partial charge < -0.3 is 24.2 Å². The van der Waals surface area contributed by atoms with Gasteiger partial charge in [0.2, 0.25) is 0 Å². The molecule has 0 aromatic carbocycles. The highest BCUT2D eigenvalue weighted by molar-refractivity contribution is 7.47. The third kappa shape index (κ3) is 56.3. The van der Waals surface area contributed by atoms with E-state index >= 15 is 0 Å².